The van der Waals surface area contributed by atoms with E-state index in [0.717, 1.165) is 11.3 Å². The van der Waals surface area contributed by atoms with Crippen molar-refractivity contribution >= 4 is 34.5 Å². The maximum absolute atomic E-state index is 12.4. The first-order valence-corrected chi connectivity index (χ1v) is 8.32. The van der Waals surface area contributed by atoms with Crippen LogP contribution in [0.5, 0.6) is 0 Å². The van der Waals surface area contributed by atoms with Crippen LogP contribution in [0, 0.1) is 13.8 Å². The van der Waals surface area contributed by atoms with Crippen LogP contribution in [0.1, 0.15) is 20.2 Å². The highest BCUT2D eigenvalue weighted by Crippen LogP contribution is 2.30. The van der Waals surface area contributed by atoms with Crippen LogP contribution in [0.4, 0.5) is 5.69 Å². The third-order valence-corrected chi connectivity index (χ3v) is 4.75. The highest BCUT2D eigenvalue weighted by Gasteiger charge is 2.16. The number of hydrogen-bond acceptors (Lipinski definition) is 3. The van der Waals surface area contributed by atoms with Crippen LogP contribution in [0.3, 0.4) is 0 Å². The van der Waals surface area contributed by atoms with E-state index in [4.69, 9.17) is 11.6 Å². The lowest BCUT2D eigenvalue weighted by atomic mass is 10.1. The summed E-state index contributed by atoms with van der Waals surface area (Å²) in [7, 11) is 1.85. The van der Waals surface area contributed by atoms with Crippen LogP contribution in [0.15, 0.2) is 36.4 Å². The molecule has 2 heterocycles. The number of benzene rings is 1. The number of amides is 1. The van der Waals surface area contributed by atoms with E-state index in [1.165, 1.54) is 9.75 Å². The minimum Gasteiger partial charge on any atom is -0.321 e. The molecule has 3 rings (SSSR count). The molecule has 0 saturated carbocycles. The zero-order valence-corrected chi connectivity index (χ0v) is 14.6. The second-order valence-corrected chi connectivity index (χ2v) is 7.22. The molecule has 6 heteroatoms. The van der Waals surface area contributed by atoms with E-state index in [0.29, 0.717) is 16.4 Å². The lowest BCUT2D eigenvalue weighted by Gasteiger charge is -2.02. The van der Waals surface area contributed by atoms with Gasteiger partial charge >= 0.3 is 0 Å². The zero-order valence-electron chi connectivity index (χ0n) is 13.1. The van der Waals surface area contributed by atoms with Gasteiger partial charge in [0, 0.05) is 33.1 Å². The van der Waals surface area contributed by atoms with Crippen molar-refractivity contribution in [2.45, 2.75) is 13.8 Å². The van der Waals surface area contributed by atoms with Gasteiger partial charge in [-0.15, -0.1) is 11.3 Å². The van der Waals surface area contributed by atoms with Gasteiger partial charge in [0.15, 0.2) is 5.69 Å². The molecule has 0 aliphatic carbocycles. The number of anilines is 1. The number of aromatic nitrogens is 2. The minimum absolute atomic E-state index is 0.237. The normalized spacial score (nSPS) is 10.8. The summed E-state index contributed by atoms with van der Waals surface area (Å²) in [5.41, 5.74) is 3.14. The molecule has 0 bridgehead atoms. The molecule has 0 saturated heterocycles. The summed E-state index contributed by atoms with van der Waals surface area (Å²) in [6.45, 7) is 4.15. The maximum atomic E-state index is 12.4. The molecule has 23 heavy (non-hydrogen) atoms. The monoisotopic (exact) mass is 345 g/mol. The van der Waals surface area contributed by atoms with Crippen molar-refractivity contribution in [2.24, 2.45) is 7.05 Å². The number of nitrogens with zero attached hydrogens (tertiary/aromatic N) is 2. The van der Waals surface area contributed by atoms with E-state index in [1.54, 1.807) is 40.3 Å². The average molecular weight is 346 g/mol. The molecule has 1 amide bonds. The highest BCUT2D eigenvalue weighted by atomic mass is 35.5. The number of halogens is 1. The molecular weight excluding hydrogens is 330 g/mol. The van der Waals surface area contributed by atoms with Crippen molar-refractivity contribution in [2.75, 3.05) is 5.32 Å². The molecule has 0 aliphatic rings. The summed E-state index contributed by atoms with van der Waals surface area (Å²) >= 11 is 7.59. The summed E-state index contributed by atoms with van der Waals surface area (Å²) < 4.78 is 1.74. The van der Waals surface area contributed by atoms with E-state index in [9.17, 15) is 4.79 Å². The molecule has 0 radical (unpaired) electrons. The molecule has 0 spiro atoms. The zero-order chi connectivity index (χ0) is 16.6. The van der Waals surface area contributed by atoms with Gasteiger partial charge in [-0.2, -0.15) is 5.10 Å². The summed E-state index contributed by atoms with van der Waals surface area (Å²) in [5, 5.41) is 7.79. The highest BCUT2D eigenvalue weighted by molar-refractivity contribution is 7.12. The van der Waals surface area contributed by atoms with E-state index in [2.05, 4.69) is 30.3 Å². The summed E-state index contributed by atoms with van der Waals surface area (Å²) in [5.74, 6) is -0.237. The second kappa shape index (κ2) is 6.18. The van der Waals surface area contributed by atoms with Gasteiger partial charge < -0.3 is 5.32 Å². The predicted molar refractivity (Wildman–Crippen MR) is 95.4 cm³/mol. The first-order chi connectivity index (χ1) is 10.9. The molecule has 118 valence electrons. The molecule has 0 aliphatic heterocycles. The predicted octanol–water partition coefficient (Wildman–Crippen LogP) is 4.67. The van der Waals surface area contributed by atoms with E-state index >= 15 is 0 Å². The van der Waals surface area contributed by atoms with Gasteiger partial charge in [-0.3, -0.25) is 9.48 Å². The molecule has 1 N–H and O–H groups in total. The van der Waals surface area contributed by atoms with E-state index in [-0.39, 0.29) is 5.91 Å². The van der Waals surface area contributed by atoms with Crippen LogP contribution in [-0.2, 0) is 7.05 Å². The first-order valence-electron chi connectivity index (χ1n) is 7.12. The number of rotatable bonds is 3. The Kier molecular flexibility index (Phi) is 4.24. The van der Waals surface area contributed by atoms with E-state index < -0.39 is 0 Å². The van der Waals surface area contributed by atoms with Crippen molar-refractivity contribution in [3.63, 3.8) is 0 Å². The van der Waals surface area contributed by atoms with Gasteiger partial charge in [0.1, 0.15) is 0 Å². The number of aryl methyl sites for hydroxylation is 3. The van der Waals surface area contributed by atoms with Crippen LogP contribution < -0.4 is 5.32 Å². The number of hydrogen-bond donors (Lipinski definition) is 1. The number of thiophene rings is 1. The average Bonchev–Trinajstić information content (AvgIpc) is 3.03. The first kappa shape index (κ1) is 15.8. The van der Waals surface area contributed by atoms with Crippen molar-refractivity contribution in [1.29, 1.82) is 0 Å². The lowest BCUT2D eigenvalue weighted by Crippen LogP contribution is -2.12. The minimum atomic E-state index is -0.237. The quantitative estimate of drug-likeness (QED) is 0.749. The van der Waals surface area contributed by atoms with Crippen molar-refractivity contribution in [3.8, 4) is 11.3 Å². The second-order valence-electron chi connectivity index (χ2n) is 5.33. The Balaban J connectivity index is 1.86. The Labute approximate surface area is 143 Å². The van der Waals surface area contributed by atoms with Crippen LogP contribution in [0.25, 0.3) is 11.3 Å². The molecule has 3 aromatic rings. The van der Waals surface area contributed by atoms with Crippen LogP contribution >= 0.6 is 22.9 Å². The van der Waals surface area contributed by atoms with Crippen molar-refractivity contribution in [1.82, 2.24) is 9.78 Å². The third kappa shape index (κ3) is 3.30. The molecule has 1 aromatic carbocycles. The van der Waals surface area contributed by atoms with Gasteiger partial charge in [-0.05, 0) is 50.2 Å². The fraction of sp³-hybridized carbons (Fsp3) is 0.176. The van der Waals surface area contributed by atoms with Gasteiger partial charge in [0.05, 0.1) is 5.69 Å². The largest absolute Gasteiger partial charge is 0.321 e. The van der Waals surface area contributed by atoms with Gasteiger partial charge in [0.2, 0.25) is 0 Å². The molecule has 0 unspecified atom stereocenters. The Morgan fingerprint density at radius 2 is 1.91 bits per heavy atom. The summed E-state index contributed by atoms with van der Waals surface area (Å²) in [6, 6.07) is 10.9. The Bertz CT molecular complexity index is 865. The summed E-state index contributed by atoms with van der Waals surface area (Å²) in [6.07, 6.45) is 0. The van der Waals surface area contributed by atoms with Crippen molar-refractivity contribution < 1.29 is 4.79 Å². The maximum Gasteiger partial charge on any atom is 0.276 e. The molecule has 0 fully saturated rings. The molecule has 4 nitrogen and oxygen atoms in total. The molecular formula is C17H16ClN3OS. The third-order valence-electron chi connectivity index (χ3n) is 3.53. The van der Waals surface area contributed by atoms with Gasteiger partial charge in [0.25, 0.3) is 5.91 Å². The van der Waals surface area contributed by atoms with Gasteiger partial charge in [-0.25, -0.2) is 0 Å². The Morgan fingerprint density at radius 3 is 2.52 bits per heavy atom. The van der Waals surface area contributed by atoms with Crippen LogP contribution in [-0.4, -0.2) is 15.7 Å². The smallest absolute Gasteiger partial charge is 0.276 e. The van der Waals surface area contributed by atoms with Crippen LogP contribution in [0.2, 0.25) is 5.02 Å². The molecule has 2 aromatic heterocycles. The summed E-state index contributed by atoms with van der Waals surface area (Å²) in [4.78, 5) is 14.8. The number of carbonyl (C=O) groups excluding carboxylic acids is 1. The number of nitrogens with one attached hydrogen (secondary N) is 1. The van der Waals surface area contributed by atoms with Crippen molar-refractivity contribution in [3.05, 3.63) is 56.9 Å². The fourth-order valence-corrected chi connectivity index (χ4v) is 3.50. The van der Waals surface area contributed by atoms with E-state index in [1.807, 2.05) is 13.1 Å². The SMILES string of the molecule is Cc1cc(-c2cc(C(=O)Nc3ccc(Cl)cc3)nn2C)c(C)s1. The topological polar surface area (TPSA) is 46.9 Å². The molecule has 0 atom stereocenters. The van der Waals surface area contributed by atoms with Gasteiger partial charge in [-0.1, -0.05) is 11.6 Å². The Morgan fingerprint density at radius 1 is 1.22 bits per heavy atom. The number of carbonyl (C=O) groups is 1. The fourth-order valence-electron chi connectivity index (χ4n) is 2.44. The lowest BCUT2D eigenvalue weighted by molar-refractivity contribution is 0.102. The standard InChI is InChI=1S/C17H16ClN3OS/c1-10-8-14(11(2)23-10)16-9-15(20-21(16)3)17(22)19-13-6-4-12(18)5-7-13/h4-9H,1-3H3,(H,19,22). The Hall–Kier alpha value is -2.11.